The Balaban J connectivity index is 0.00000280. The molecule has 2 fully saturated rings. The molecule has 0 spiro atoms. The average molecular weight is 501 g/mol. The number of hydrogen-bond acceptors (Lipinski definition) is 5. The van der Waals surface area contributed by atoms with Crippen LogP contribution in [0.5, 0.6) is 0 Å². The SMILES string of the molecule is CCCN1CCC(CN=C(NCC)N2CCN(c3ncccn3)CC2)CC1.I. The first-order chi connectivity index (χ1) is 13.3. The zero-order chi connectivity index (χ0) is 18.9. The van der Waals surface area contributed by atoms with Gasteiger partial charge in [0.05, 0.1) is 0 Å². The highest BCUT2D eigenvalue weighted by Gasteiger charge is 2.22. The fourth-order valence-electron chi connectivity index (χ4n) is 3.92. The van der Waals surface area contributed by atoms with E-state index in [1.165, 1.54) is 38.9 Å². The molecule has 0 saturated carbocycles. The van der Waals surface area contributed by atoms with Crippen LogP contribution in [0.25, 0.3) is 0 Å². The van der Waals surface area contributed by atoms with Gasteiger partial charge in [-0.3, -0.25) is 4.99 Å². The molecule has 1 N–H and O–H groups in total. The van der Waals surface area contributed by atoms with Crippen LogP contribution in [0.4, 0.5) is 5.95 Å². The molecule has 3 heterocycles. The number of rotatable bonds is 6. The molecule has 1 aromatic heterocycles. The van der Waals surface area contributed by atoms with E-state index in [-0.39, 0.29) is 24.0 Å². The molecule has 7 nitrogen and oxygen atoms in total. The highest BCUT2D eigenvalue weighted by molar-refractivity contribution is 14.0. The molecule has 28 heavy (non-hydrogen) atoms. The van der Waals surface area contributed by atoms with Crippen LogP contribution in [0.2, 0.25) is 0 Å². The highest BCUT2D eigenvalue weighted by Crippen LogP contribution is 2.18. The lowest BCUT2D eigenvalue weighted by molar-refractivity contribution is 0.188. The lowest BCUT2D eigenvalue weighted by Crippen LogP contribution is -2.53. The van der Waals surface area contributed by atoms with Gasteiger partial charge in [-0.25, -0.2) is 9.97 Å². The predicted octanol–water partition coefficient (Wildman–Crippen LogP) is 2.30. The first-order valence-corrected chi connectivity index (χ1v) is 10.6. The van der Waals surface area contributed by atoms with E-state index < -0.39 is 0 Å². The van der Waals surface area contributed by atoms with Gasteiger partial charge >= 0.3 is 0 Å². The number of aromatic nitrogens is 2. The molecule has 0 unspecified atom stereocenters. The summed E-state index contributed by atoms with van der Waals surface area (Å²) < 4.78 is 0. The number of nitrogens with zero attached hydrogens (tertiary/aromatic N) is 6. The van der Waals surface area contributed by atoms with Crippen molar-refractivity contribution in [3.05, 3.63) is 18.5 Å². The Morgan fingerprint density at radius 1 is 1.07 bits per heavy atom. The number of halogens is 1. The first-order valence-electron chi connectivity index (χ1n) is 10.6. The number of likely N-dealkylation sites (tertiary alicyclic amines) is 1. The van der Waals surface area contributed by atoms with Crippen molar-refractivity contribution in [3.8, 4) is 0 Å². The van der Waals surface area contributed by atoms with Gasteiger partial charge in [-0.1, -0.05) is 6.92 Å². The number of aliphatic imine (C=N–C) groups is 1. The van der Waals surface area contributed by atoms with Gasteiger partial charge in [0.1, 0.15) is 0 Å². The largest absolute Gasteiger partial charge is 0.357 e. The standard InChI is InChI=1S/C20H35N7.HI/c1-3-10-25-11-6-18(7-12-25)17-24-19(21-4-2)26-13-15-27(16-14-26)20-22-8-5-9-23-20;/h5,8-9,18H,3-4,6-7,10-17H2,1-2H3,(H,21,24);1H. The second kappa shape index (κ2) is 12.4. The highest BCUT2D eigenvalue weighted by atomic mass is 127. The van der Waals surface area contributed by atoms with Crippen molar-refractivity contribution in [1.82, 2.24) is 25.1 Å². The minimum absolute atomic E-state index is 0. The maximum Gasteiger partial charge on any atom is 0.225 e. The molecule has 158 valence electrons. The summed E-state index contributed by atoms with van der Waals surface area (Å²) in [6.07, 6.45) is 7.44. The second-order valence-corrected chi connectivity index (χ2v) is 7.50. The van der Waals surface area contributed by atoms with Gasteiger partial charge < -0.3 is 20.0 Å². The number of piperazine rings is 1. The van der Waals surface area contributed by atoms with Crippen LogP contribution in [0.3, 0.4) is 0 Å². The Hall–Kier alpha value is -1.16. The van der Waals surface area contributed by atoms with Gasteiger partial charge in [0.15, 0.2) is 5.96 Å². The maximum absolute atomic E-state index is 4.99. The summed E-state index contributed by atoms with van der Waals surface area (Å²) in [5.41, 5.74) is 0. The Morgan fingerprint density at radius 3 is 2.36 bits per heavy atom. The van der Waals surface area contributed by atoms with E-state index in [2.05, 4.69) is 43.8 Å². The lowest BCUT2D eigenvalue weighted by atomic mass is 9.97. The molecule has 2 aliphatic rings. The average Bonchev–Trinajstić information content (AvgIpc) is 2.73. The second-order valence-electron chi connectivity index (χ2n) is 7.50. The van der Waals surface area contributed by atoms with Gasteiger partial charge in [0, 0.05) is 51.7 Å². The first kappa shape index (κ1) is 23.1. The number of guanidine groups is 1. The predicted molar refractivity (Wildman–Crippen MR) is 127 cm³/mol. The normalized spacial score (nSPS) is 19.4. The van der Waals surface area contributed by atoms with Crippen LogP contribution >= 0.6 is 24.0 Å². The van der Waals surface area contributed by atoms with Gasteiger partial charge in [0.25, 0.3) is 0 Å². The van der Waals surface area contributed by atoms with Gasteiger partial charge in [-0.2, -0.15) is 0 Å². The Bertz CT molecular complexity index is 567. The van der Waals surface area contributed by atoms with E-state index in [0.717, 1.165) is 57.1 Å². The van der Waals surface area contributed by atoms with Gasteiger partial charge in [0.2, 0.25) is 5.95 Å². The molecular weight excluding hydrogens is 465 g/mol. The summed E-state index contributed by atoms with van der Waals surface area (Å²) in [6.45, 7) is 13.8. The van der Waals surface area contributed by atoms with Crippen molar-refractivity contribution in [2.75, 3.05) is 63.8 Å². The Kier molecular flexibility index (Phi) is 10.3. The maximum atomic E-state index is 4.99. The quantitative estimate of drug-likeness (QED) is 0.367. The minimum Gasteiger partial charge on any atom is -0.357 e. The fraction of sp³-hybridized carbons (Fsp3) is 0.750. The molecule has 1 aromatic rings. The van der Waals surface area contributed by atoms with Crippen molar-refractivity contribution in [3.63, 3.8) is 0 Å². The molecule has 0 aliphatic carbocycles. The van der Waals surface area contributed by atoms with Crippen LogP contribution in [0.1, 0.15) is 33.1 Å². The summed E-state index contributed by atoms with van der Waals surface area (Å²) in [6, 6.07) is 1.86. The molecular formula is C20H36IN7. The third kappa shape index (κ3) is 6.72. The third-order valence-electron chi connectivity index (χ3n) is 5.50. The Morgan fingerprint density at radius 2 is 1.75 bits per heavy atom. The summed E-state index contributed by atoms with van der Waals surface area (Å²) in [4.78, 5) is 21.0. The molecule has 2 saturated heterocycles. The Labute approximate surface area is 187 Å². The smallest absolute Gasteiger partial charge is 0.225 e. The fourth-order valence-corrected chi connectivity index (χ4v) is 3.92. The lowest BCUT2D eigenvalue weighted by Gasteiger charge is -2.37. The molecule has 0 bridgehead atoms. The number of piperidine rings is 1. The van der Waals surface area contributed by atoms with Crippen molar-refractivity contribution >= 4 is 35.9 Å². The van der Waals surface area contributed by atoms with Crippen LogP contribution < -0.4 is 10.2 Å². The number of nitrogens with one attached hydrogen (secondary N) is 1. The number of anilines is 1. The molecule has 0 aromatic carbocycles. The van der Waals surface area contributed by atoms with Gasteiger partial charge in [-0.05, 0) is 57.8 Å². The van der Waals surface area contributed by atoms with E-state index in [1.807, 2.05) is 18.5 Å². The van der Waals surface area contributed by atoms with Crippen LogP contribution in [-0.4, -0.2) is 84.6 Å². The topological polar surface area (TPSA) is 59.9 Å². The third-order valence-corrected chi connectivity index (χ3v) is 5.50. The molecule has 2 aliphatic heterocycles. The van der Waals surface area contributed by atoms with Gasteiger partial charge in [-0.15, -0.1) is 24.0 Å². The summed E-state index contributed by atoms with van der Waals surface area (Å²) >= 11 is 0. The monoisotopic (exact) mass is 501 g/mol. The van der Waals surface area contributed by atoms with Crippen molar-refractivity contribution in [1.29, 1.82) is 0 Å². The molecule has 0 atom stereocenters. The van der Waals surface area contributed by atoms with Crippen molar-refractivity contribution in [2.45, 2.75) is 33.1 Å². The molecule has 0 radical (unpaired) electrons. The van der Waals surface area contributed by atoms with E-state index in [9.17, 15) is 0 Å². The van der Waals surface area contributed by atoms with E-state index in [4.69, 9.17) is 4.99 Å². The van der Waals surface area contributed by atoms with E-state index >= 15 is 0 Å². The summed E-state index contributed by atoms with van der Waals surface area (Å²) in [5.74, 6) is 2.63. The number of hydrogen-bond donors (Lipinski definition) is 1. The van der Waals surface area contributed by atoms with Crippen LogP contribution in [-0.2, 0) is 0 Å². The summed E-state index contributed by atoms with van der Waals surface area (Å²) in [7, 11) is 0. The van der Waals surface area contributed by atoms with Crippen LogP contribution in [0.15, 0.2) is 23.5 Å². The van der Waals surface area contributed by atoms with Crippen LogP contribution in [0, 0.1) is 5.92 Å². The van der Waals surface area contributed by atoms with Crippen molar-refractivity contribution < 1.29 is 0 Å². The van der Waals surface area contributed by atoms with E-state index in [0.29, 0.717) is 0 Å². The zero-order valence-corrected chi connectivity index (χ0v) is 19.7. The summed E-state index contributed by atoms with van der Waals surface area (Å²) in [5, 5.41) is 3.49. The molecule has 3 rings (SSSR count). The molecule has 0 amide bonds. The molecule has 8 heteroatoms. The van der Waals surface area contributed by atoms with Crippen molar-refractivity contribution in [2.24, 2.45) is 10.9 Å². The van der Waals surface area contributed by atoms with E-state index in [1.54, 1.807) is 0 Å². The minimum atomic E-state index is 0. The zero-order valence-electron chi connectivity index (χ0n) is 17.4.